The summed E-state index contributed by atoms with van der Waals surface area (Å²) < 4.78 is 10.1. The minimum Gasteiger partial charge on any atom is -0.462 e. The van der Waals surface area contributed by atoms with Gasteiger partial charge in [0.25, 0.3) is 5.91 Å². The number of nitrogens with zero attached hydrogens (tertiary/aromatic N) is 1. The van der Waals surface area contributed by atoms with E-state index < -0.39 is 24.5 Å². The maximum atomic E-state index is 12.3. The molecule has 1 aliphatic rings. The number of rotatable bonds is 6. The quantitative estimate of drug-likeness (QED) is 0.695. The molecule has 152 valence electrons. The lowest BCUT2D eigenvalue weighted by molar-refractivity contribution is -0.119. The predicted octanol–water partition coefficient (Wildman–Crippen LogP) is 3.84. The van der Waals surface area contributed by atoms with Gasteiger partial charge in [-0.1, -0.05) is 0 Å². The molecule has 2 aromatic heterocycles. The minimum absolute atomic E-state index is 0.198. The molecule has 0 spiro atoms. The third kappa shape index (κ3) is 4.66. The van der Waals surface area contributed by atoms with Gasteiger partial charge >= 0.3 is 11.9 Å². The summed E-state index contributed by atoms with van der Waals surface area (Å²) in [5.41, 5.74) is 1.84. The largest absolute Gasteiger partial charge is 0.462 e. The topological polar surface area (TPSA) is 105 Å². The van der Waals surface area contributed by atoms with Crippen LogP contribution < -0.4 is 5.32 Å². The summed E-state index contributed by atoms with van der Waals surface area (Å²) in [5.74, 6) is -1.65. The summed E-state index contributed by atoms with van der Waals surface area (Å²) in [6, 6.07) is 3.84. The van der Waals surface area contributed by atoms with Crippen LogP contribution in [0.1, 0.15) is 60.7 Å². The lowest BCUT2D eigenvalue weighted by Crippen LogP contribution is -2.20. The highest BCUT2D eigenvalue weighted by Gasteiger charge is 2.23. The van der Waals surface area contributed by atoms with E-state index in [4.69, 9.17) is 9.47 Å². The Morgan fingerprint density at radius 3 is 2.62 bits per heavy atom. The first-order valence-electron chi connectivity index (χ1n) is 9.23. The fourth-order valence-corrected chi connectivity index (χ4v) is 5.30. The number of nitriles is 1. The first-order chi connectivity index (χ1) is 13.9. The molecule has 7 nitrogen and oxygen atoms in total. The molecule has 0 unspecified atom stereocenters. The summed E-state index contributed by atoms with van der Waals surface area (Å²) >= 11 is 2.39. The number of carbonyl (C=O) groups is 3. The van der Waals surface area contributed by atoms with Crippen LogP contribution in [0.4, 0.5) is 5.00 Å². The van der Waals surface area contributed by atoms with E-state index in [0.29, 0.717) is 10.4 Å². The number of hydrogen-bond acceptors (Lipinski definition) is 8. The Labute approximate surface area is 176 Å². The number of esters is 2. The molecule has 0 atom stereocenters. The number of aryl methyl sites for hydroxylation is 2. The molecule has 0 saturated heterocycles. The summed E-state index contributed by atoms with van der Waals surface area (Å²) in [6.07, 6.45) is 4.19. The van der Waals surface area contributed by atoms with Gasteiger partial charge in [-0.15, -0.1) is 22.7 Å². The highest BCUT2D eigenvalue weighted by atomic mass is 32.1. The zero-order valence-corrected chi connectivity index (χ0v) is 17.8. The lowest BCUT2D eigenvalue weighted by Gasteiger charge is -2.08. The van der Waals surface area contributed by atoms with Crippen LogP contribution in [-0.2, 0) is 27.1 Å². The Hall–Kier alpha value is -2.70. The molecule has 0 saturated carbocycles. The van der Waals surface area contributed by atoms with Crippen molar-refractivity contribution in [1.82, 2.24) is 0 Å². The molecule has 3 rings (SSSR count). The van der Waals surface area contributed by atoms with Crippen LogP contribution in [0.3, 0.4) is 0 Å². The first-order valence-corrected chi connectivity index (χ1v) is 10.9. The van der Waals surface area contributed by atoms with Crippen LogP contribution in [-0.4, -0.2) is 31.1 Å². The standard InChI is InChI=1S/C20H20N2O5S2/c1-3-26-20(25)17-11(2)13(9-21)18(29-17)22-16(23)10-27-19(24)15-8-12-6-4-5-7-14(12)28-15/h8H,3-7,10H2,1-2H3,(H,22,23). The van der Waals surface area contributed by atoms with Crippen molar-refractivity contribution in [1.29, 1.82) is 5.26 Å². The highest BCUT2D eigenvalue weighted by Crippen LogP contribution is 2.33. The molecule has 9 heteroatoms. The van der Waals surface area contributed by atoms with E-state index in [9.17, 15) is 19.6 Å². The van der Waals surface area contributed by atoms with E-state index in [1.807, 2.05) is 12.1 Å². The third-order valence-corrected chi connectivity index (χ3v) is 6.91. The van der Waals surface area contributed by atoms with Gasteiger partial charge in [0.05, 0.1) is 12.2 Å². The molecule has 0 aliphatic heterocycles. The molecule has 1 N–H and O–H groups in total. The Kier molecular flexibility index (Phi) is 6.67. The van der Waals surface area contributed by atoms with Gasteiger partial charge in [-0.05, 0) is 56.7 Å². The second kappa shape index (κ2) is 9.20. The van der Waals surface area contributed by atoms with Gasteiger partial charge in [-0.3, -0.25) is 4.79 Å². The monoisotopic (exact) mass is 432 g/mol. The van der Waals surface area contributed by atoms with E-state index >= 15 is 0 Å². The molecule has 0 bridgehead atoms. The molecular weight excluding hydrogens is 412 g/mol. The summed E-state index contributed by atoms with van der Waals surface area (Å²) in [7, 11) is 0. The van der Waals surface area contributed by atoms with E-state index in [2.05, 4.69) is 5.32 Å². The Bertz CT molecular complexity index is 976. The SMILES string of the molecule is CCOC(=O)c1sc(NC(=O)COC(=O)c2cc3c(s2)CCCC3)c(C#N)c1C. The van der Waals surface area contributed by atoms with Crippen molar-refractivity contribution in [2.24, 2.45) is 0 Å². The zero-order chi connectivity index (χ0) is 21.0. The Morgan fingerprint density at radius 1 is 1.17 bits per heavy atom. The molecular formula is C20H20N2O5S2. The van der Waals surface area contributed by atoms with Crippen LogP contribution in [0.5, 0.6) is 0 Å². The molecule has 29 heavy (non-hydrogen) atoms. The van der Waals surface area contributed by atoms with Gasteiger partial charge in [0.15, 0.2) is 6.61 Å². The Morgan fingerprint density at radius 2 is 1.93 bits per heavy atom. The lowest BCUT2D eigenvalue weighted by atomic mass is 9.99. The normalized spacial score (nSPS) is 12.6. The molecule has 0 aromatic carbocycles. The van der Waals surface area contributed by atoms with Crippen LogP contribution in [0.2, 0.25) is 0 Å². The average Bonchev–Trinajstić information content (AvgIpc) is 3.27. The van der Waals surface area contributed by atoms with Crippen molar-refractivity contribution >= 4 is 45.5 Å². The van der Waals surface area contributed by atoms with E-state index in [-0.39, 0.29) is 22.0 Å². The minimum atomic E-state index is -0.576. The number of amides is 1. The molecule has 0 radical (unpaired) electrons. The second-order valence-corrected chi connectivity index (χ2v) is 8.64. The predicted molar refractivity (Wildman–Crippen MR) is 110 cm³/mol. The maximum absolute atomic E-state index is 12.3. The van der Waals surface area contributed by atoms with E-state index in [1.165, 1.54) is 21.8 Å². The average molecular weight is 433 g/mol. The smallest absolute Gasteiger partial charge is 0.348 e. The highest BCUT2D eigenvalue weighted by molar-refractivity contribution is 7.18. The molecule has 2 heterocycles. The number of nitrogens with one attached hydrogen (secondary N) is 1. The van der Waals surface area contributed by atoms with Gasteiger partial charge in [0.1, 0.15) is 20.8 Å². The number of carbonyl (C=O) groups excluding carboxylic acids is 3. The van der Waals surface area contributed by atoms with Gasteiger partial charge < -0.3 is 14.8 Å². The van der Waals surface area contributed by atoms with Gasteiger partial charge in [-0.25, -0.2) is 9.59 Å². The van der Waals surface area contributed by atoms with Crippen molar-refractivity contribution in [2.75, 3.05) is 18.5 Å². The van der Waals surface area contributed by atoms with Crippen LogP contribution >= 0.6 is 22.7 Å². The molecule has 1 aliphatic carbocycles. The molecule has 0 fully saturated rings. The van der Waals surface area contributed by atoms with Crippen LogP contribution in [0.15, 0.2) is 6.07 Å². The van der Waals surface area contributed by atoms with Crippen LogP contribution in [0.25, 0.3) is 0 Å². The van der Waals surface area contributed by atoms with Crippen molar-refractivity contribution in [2.45, 2.75) is 39.5 Å². The van der Waals surface area contributed by atoms with Crippen LogP contribution in [0, 0.1) is 18.3 Å². The van der Waals surface area contributed by atoms with Crippen molar-refractivity contribution in [3.05, 3.63) is 37.4 Å². The van der Waals surface area contributed by atoms with Gasteiger partial charge in [-0.2, -0.15) is 5.26 Å². The van der Waals surface area contributed by atoms with E-state index in [0.717, 1.165) is 37.0 Å². The fourth-order valence-electron chi connectivity index (χ4n) is 3.08. The zero-order valence-electron chi connectivity index (χ0n) is 16.1. The third-order valence-electron chi connectivity index (χ3n) is 4.50. The Balaban J connectivity index is 1.63. The number of hydrogen-bond donors (Lipinski definition) is 1. The molecule has 1 amide bonds. The van der Waals surface area contributed by atoms with Crippen molar-refractivity contribution in [3.8, 4) is 6.07 Å². The number of ether oxygens (including phenoxy) is 2. The van der Waals surface area contributed by atoms with E-state index in [1.54, 1.807) is 13.8 Å². The number of fused-ring (bicyclic) bond motifs is 1. The number of anilines is 1. The van der Waals surface area contributed by atoms with Gasteiger partial charge in [0, 0.05) is 4.88 Å². The van der Waals surface area contributed by atoms with Gasteiger partial charge in [0.2, 0.25) is 0 Å². The summed E-state index contributed by atoms with van der Waals surface area (Å²) in [4.78, 5) is 38.4. The summed E-state index contributed by atoms with van der Waals surface area (Å²) in [6.45, 7) is 3.04. The van der Waals surface area contributed by atoms with Crippen molar-refractivity contribution < 1.29 is 23.9 Å². The summed E-state index contributed by atoms with van der Waals surface area (Å²) in [5, 5.41) is 12.1. The molecule has 2 aromatic rings. The fraction of sp³-hybridized carbons (Fsp3) is 0.400. The second-order valence-electron chi connectivity index (χ2n) is 6.48. The van der Waals surface area contributed by atoms with Crippen molar-refractivity contribution in [3.63, 3.8) is 0 Å². The number of thiophene rings is 2. The first kappa shape index (κ1) is 21.0. The maximum Gasteiger partial charge on any atom is 0.348 e.